The van der Waals surface area contributed by atoms with E-state index in [4.69, 9.17) is 9.47 Å². The van der Waals surface area contributed by atoms with E-state index in [0.717, 1.165) is 37.3 Å². The molecule has 0 saturated carbocycles. The molecule has 0 aliphatic heterocycles. The fourth-order valence-corrected chi connectivity index (χ4v) is 4.45. The van der Waals surface area contributed by atoms with E-state index >= 15 is 0 Å². The zero-order valence-electron chi connectivity index (χ0n) is 25.1. The Labute approximate surface area is 238 Å². The fraction of sp³-hybridized carbons (Fsp3) is 0.571. The van der Waals surface area contributed by atoms with E-state index in [-0.39, 0.29) is 5.75 Å². The standard InChI is InChI=1S/C35H53NO3/c1-5-6-7-8-9-10-11-12-13-14-25-38-34-21-18-31(35(37)27-34)28-36-32-19-22-33(23-20-32)39-26-24-30(4)17-15-16-29(2)3/h16,18-23,27-28,30,37H,5-15,17,24-26H2,1-4H3/t30-/m0/s1. The van der Waals surface area contributed by atoms with Crippen LogP contribution < -0.4 is 9.47 Å². The minimum absolute atomic E-state index is 0.179. The van der Waals surface area contributed by atoms with Crippen molar-refractivity contribution in [3.8, 4) is 17.2 Å². The Kier molecular flexibility index (Phi) is 16.8. The molecule has 0 bridgehead atoms. The van der Waals surface area contributed by atoms with Gasteiger partial charge in [-0.3, -0.25) is 4.99 Å². The molecule has 1 atom stereocenters. The molecule has 2 aromatic carbocycles. The molecule has 0 aliphatic rings. The minimum Gasteiger partial charge on any atom is -0.507 e. The number of hydrogen-bond acceptors (Lipinski definition) is 4. The summed E-state index contributed by atoms with van der Waals surface area (Å²) in [6.07, 6.45) is 20.4. The molecule has 0 radical (unpaired) electrons. The molecule has 2 rings (SSSR count). The molecule has 0 aromatic heterocycles. The van der Waals surface area contributed by atoms with Gasteiger partial charge in [0.05, 0.1) is 18.9 Å². The second-order valence-corrected chi connectivity index (χ2v) is 11.1. The Balaban J connectivity index is 1.64. The summed E-state index contributed by atoms with van der Waals surface area (Å²) in [4.78, 5) is 4.51. The largest absolute Gasteiger partial charge is 0.507 e. The summed E-state index contributed by atoms with van der Waals surface area (Å²) in [5, 5.41) is 10.4. The molecule has 2 aromatic rings. The first kappa shape index (κ1) is 32.5. The topological polar surface area (TPSA) is 51.0 Å². The predicted molar refractivity (Wildman–Crippen MR) is 167 cm³/mol. The van der Waals surface area contributed by atoms with Crippen LogP contribution in [0.15, 0.2) is 59.1 Å². The quantitative estimate of drug-likeness (QED) is 0.0982. The summed E-state index contributed by atoms with van der Waals surface area (Å²) in [6.45, 7) is 10.3. The predicted octanol–water partition coefficient (Wildman–Crippen LogP) is 10.6. The summed E-state index contributed by atoms with van der Waals surface area (Å²) in [5.74, 6) is 2.39. The van der Waals surface area contributed by atoms with Gasteiger partial charge in [0.25, 0.3) is 0 Å². The fourth-order valence-electron chi connectivity index (χ4n) is 4.45. The molecule has 4 heteroatoms. The number of phenolic OH excluding ortho intramolecular Hbond substituents is 1. The molecular weight excluding hydrogens is 482 g/mol. The van der Waals surface area contributed by atoms with Gasteiger partial charge < -0.3 is 14.6 Å². The monoisotopic (exact) mass is 535 g/mol. The van der Waals surface area contributed by atoms with Crippen molar-refractivity contribution in [2.24, 2.45) is 10.9 Å². The second kappa shape index (κ2) is 20.2. The highest BCUT2D eigenvalue weighted by atomic mass is 16.5. The zero-order chi connectivity index (χ0) is 28.1. The van der Waals surface area contributed by atoms with E-state index in [1.165, 1.54) is 69.8 Å². The minimum atomic E-state index is 0.179. The van der Waals surface area contributed by atoms with Gasteiger partial charge in [-0.25, -0.2) is 0 Å². The van der Waals surface area contributed by atoms with Gasteiger partial charge in [-0.1, -0.05) is 83.3 Å². The van der Waals surface area contributed by atoms with E-state index in [1.807, 2.05) is 36.4 Å². The number of hydrogen-bond donors (Lipinski definition) is 1. The molecule has 0 unspecified atom stereocenters. The number of benzene rings is 2. The molecule has 0 aliphatic carbocycles. The molecule has 0 amide bonds. The molecule has 1 N–H and O–H groups in total. The van der Waals surface area contributed by atoms with Crippen LogP contribution >= 0.6 is 0 Å². The Bertz CT molecular complexity index is 960. The van der Waals surface area contributed by atoms with E-state index < -0.39 is 0 Å². The van der Waals surface area contributed by atoms with Crippen LogP contribution in [0.3, 0.4) is 0 Å². The number of aliphatic imine (C=N–C) groups is 1. The number of phenols is 1. The van der Waals surface area contributed by atoms with Crippen molar-refractivity contribution < 1.29 is 14.6 Å². The van der Waals surface area contributed by atoms with Crippen LogP contribution in [-0.4, -0.2) is 24.5 Å². The maximum atomic E-state index is 10.4. The average Bonchev–Trinajstić information content (AvgIpc) is 2.92. The van der Waals surface area contributed by atoms with Crippen LogP contribution in [0.1, 0.15) is 117 Å². The van der Waals surface area contributed by atoms with Crippen molar-refractivity contribution in [1.82, 2.24) is 0 Å². The van der Waals surface area contributed by atoms with E-state index in [9.17, 15) is 5.11 Å². The molecule has 39 heavy (non-hydrogen) atoms. The second-order valence-electron chi connectivity index (χ2n) is 11.1. The lowest BCUT2D eigenvalue weighted by Crippen LogP contribution is -2.04. The van der Waals surface area contributed by atoms with Crippen molar-refractivity contribution in [2.45, 2.75) is 111 Å². The SMILES string of the molecule is CCCCCCCCCCCCOc1ccc(C=Nc2ccc(OCC[C@@H](C)CCC=C(C)C)cc2)c(O)c1. The van der Waals surface area contributed by atoms with E-state index in [0.29, 0.717) is 23.8 Å². The van der Waals surface area contributed by atoms with Gasteiger partial charge in [-0.15, -0.1) is 0 Å². The van der Waals surface area contributed by atoms with Gasteiger partial charge in [0.2, 0.25) is 0 Å². The van der Waals surface area contributed by atoms with Gasteiger partial charge in [0.1, 0.15) is 17.2 Å². The number of unbranched alkanes of at least 4 members (excludes halogenated alkanes) is 9. The lowest BCUT2D eigenvalue weighted by molar-refractivity contribution is 0.279. The molecule has 4 nitrogen and oxygen atoms in total. The molecular formula is C35H53NO3. The van der Waals surface area contributed by atoms with E-state index in [2.05, 4.69) is 38.8 Å². The summed E-state index contributed by atoms with van der Waals surface area (Å²) in [7, 11) is 0. The Morgan fingerprint density at radius 3 is 2.05 bits per heavy atom. The van der Waals surface area contributed by atoms with Crippen molar-refractivity contribution in [1.29, 1.82) is 0 Å². The zero-order valence-corrected chi connectivity index (χ0v) is 25.1. The number of aromatic hydroxyl groups is 1. The summed E-state index contributed by atoms with van der Waals surface area (Å²) in [6, 6.07) is 13.2. The third-order valence-electron chi connectivity index (χ3n) is 7.05. The number of nitrogens with zero attached hydrogens (tertiary/aromatic N) is 1. The Morgan fingerprint density at radius 2 is 1.41 bits per heavy atom. The lowest BCUT2D eigenvalue weighted by Gasteiger charge is -2.11. The van der Waals surface area contributed by atoms with Gasteiger partial charge in [0, 0.05) is 17.8 Å². The third kappa shape index (κ3) is 15.4. The maximum absolute atomic E-state index is 10.4. The third-order valence-corrected chi connectivity index (χ3v) is 7.05. The maximum Gasteiger partial charge on any atom is 0.128 e. The highest BCUT2D eigenvalue weighted by molar-refractivity contribution is 5.85. The summed E-state index contributed by atoms with van der Waals surface area (Å²) in [5.41, 5.74) is 2.87. The van der Waals surface area contributed by atoms with Crippen molar-refractivity contribution in [3.63, 3.8) is 0 Å². The van der Waals surface area contributed by atoms with Gasteiger partial charge in [-0.2, -0.15) is 0 Å². The van der Waals surface area contributed by atoms with Gasteiger partial charge in [0.15, 0.2) is 0 Å². The lowest BCUT2D eigenvalue weighted by atomic mass is 10.0. The average molecular weight is 536 g/mol. The Hall–Kier alpha value is -2.75. The smallest absolute Gasteiger partial charge is 0.128 e. The van der Waals surface area contributed by atoms with Gasteiger partial charge >= 0.3 is 0 Å². The van der Waals surface area contributed by atoms with Crippen LogP contribution in [0.5, 0.6) is 17.2 Å². The highest BCUT2D eigenvalue weighted by Gasteiger charge is 2.04. The van der Waals surface area contributed by atoms with Crippen molar-refractivity contribution >= 4 is 11.9 Å². The number of rotatable bonds is 21. The normalized spacial score (nSPS) is 12.0. The van der Waals surface area contributed by atoms with Crippen LogP contribution in [0.4, 0.5) is 5.69 Å². The Morgan fingerprint density at radius 1 is 0.795 bits per heavy atom. The first-order chi connectivity index (χ1) is 19.0. The number of ether oxygens (including phenoxy) is 2. The summed E-state index contributed by atoms with van der Waals surface area (Å²) < 4.78 is 11.8. The van der Waals surface area contributed by atoms with Crippen molar-refractivity contribution in [3.05, 3.63) is 59.7 Å². The molecule has 0 saturated heterocycles. The van der Waals surface area contributed by atoms with Crippen LogP contribution in [-0.2, 0) is 0 Å². The van der Waals surface area contributed by atoms with Gasteiger partial charge in [-0.05, 0) is 81.8 Å². The first-order valence-electron chi connectivity index (χ1n) is 15.3. The molecule has 0 heterocycles. The van der Waals surface area contributed by atoms with Crippen LogP contribution in [0.2, 0.25) is 0 Å². The summed E-state index contributed by atoms with van der Waals surface area (Å²) >= 11 is 0. The molecule has 0 spiro atoms. The molecule has 216 valence electrons. The number of allylic oxidation sites excluding steroid dienone is 2. The van der Waals surface area contributed by atoms with E-state index in [1.54, 1.807) is 12.3 Å². The van der Waals surface area contributed by atoms with Crippen LogP contribution in [0, 0.1) is 5.92 Å². The van der Waals surface area contributed by atoms with Crippen molar-refractivity contribution in [2.75, 3.05) is 13.2 Å². The first-order valence-corrected chi connectivity index (χ1v) is 15.3. The molecule has 0 fully saturated rings. The highest BCUT2D eigenvalue weighted by Crippen LogP contribution is 2.24. The van der Waals surface area contributed by atoms with Crippen LogP contribution in [0.25, 0.3) is 0 Å².